The van der Waals surface area contributed by atoms with Crippen LogP contribution in [0.1, 0.15) is 12.8 Å². The molecule has 0 radical (unpaired) electrons. The number of amides is 1. The largest absolute Gasteiger partial charge is 0.431 e. The third-order valence-electron chi connectivity index (χ3n) is 5.07. The number of oxazole rings is 1. The van der Waals surface area contributed by atoms with Gasteiger partial charge in [-0.2, -0.15) is 0 Å². The van der Waals surface area contributed by atoms with E-state index in [1.807, 2.05) is 24.3 Å². The molecule has 1 saturated heterocycles. The van der Waals surface area contributed by atoms with Crippen molar-refractivity contribution in [3.05, 3.63) is 42.5 Å². The number of para-hydroxylation sites is 2. The Morgan fingerprint density at radius 1 is 1.19 bits per heavy atom. The number of hydrogen-bond acceptors (Lipinski definition) is 7. The first kappa shape index (κ1) is 21.7. The van der Waals surface area contributed by atoms with Gasteiger partial charge in [-0.1, -0.05) is 23.9 Å². The monoisotopic (exact) mass is 460 g/mol. The van der Waals surface area contributed by atoms with Gasteiger partial charge in [0.2, 0.25) is 15.9 Å². The molecule has 1 aromatic heterocycles. The Morgan fingerprint density at radius 3 is 2.68 bits per heavy atom. The third-order valence-corrected chi connectivity index (χ3v) is 7.71. The second kappa shape index (κ2) is 8.89. The number of rotatable bonds is 7. The van der Waals surface area contributed by atoms with Crippen LogP contribution in [0.3, 0.4) is 0 Å². The normalized spacial score (nSPS) is 14.5. The number of nitrogens with one attached hydrogen (secondary N) is 1. The van der Waals surface area contributed by atoms with Gasteiger partial charge >= 0.3 is 0 Å². The van der Waals surface area contributed by atoms with Crippen LogP contribution in [0.2, 0.25) is 0 Å². The molecule has 1 aliphatic heterocycles. The lowest BCUT2D eigenvalue weighted by molar-refractivity contribution is -0.113. The highest BCUT2D eigenvalue weighted by atomic mass is 32.2. The van der Waals surface area contributed by atoms with Gasteiger partial charge in [0, 0.05) is 27.2 Å². The Labute approximate surface area is 185 Å². The second-order valence-electron chi connectivity index (χ2n) is 7.44. The van der Waals surface area contributed by atoms with E-state index < -0.39 is 10.0 Å². The van der Waals surface area contributed by atoms with Crippen molar-refractivity contribution in [2.45, 2.75) is 23.0 Å². The second-order valence-corrected chi connectivity index (χ2v) is 10.5. The lowest BCUT2D eigenvalue weighted by Gasteiger charge is -2.21. The van der Waals surface area contributed by atoms with Crippen molar-refractivity contribution in [3.8, 4) is 0 Å². The van der Waals surface area contributed by atoms with E-state index >= 15 is 0 Å². The van der Waals surface area contributed by atoms with E-state index in [1.54, 1.807) is 6.07 Å². The fourth-order valence-corrected chi connectivity index (χ4v) is 5.01. The molecule has 2 aromatic carbocycles. The number of carbonyl (C=O) groups is 1. The van der Waals surface area contributed by atoms with Crippen LogP contribution in [0, 0.1) is 0 Å². The number of anilines is 2. The zero-order valence-corrected chi connectivity index (χ0v) is 19.0. The molecule has 4 rings (SSSR count). The minimum atomic E-state index is -3.55. The Balaban J connectivity index is 1.43. The van der Waals surface area contributed by atoms with Crippen molar-refractivity contribution in [2.24, 2.45) is 0 Å². The summed E-state index contributed by atoms with van der Waals surface area (Å²) in [7, 11) is -0.601. The van der Waals surface area contributed by atoms with Crippen LogP contribution in [0.25, 0.3) is 11.1 Å². The maximum absolute atomic E-state index is 12.5. The van der Waals surface area contributed by atoms with Gasteiger partial charge in [0.25, 0.3) is 5.22 Å². The van der Waals surface area contributed by atoms with Crippen LogP contribution < -0.4 is 10.2 Å². The summed E-state index contributed by atoms with van der Waals surface area (Å²) in [4.78, 5) is 19.3. The van der Waals surface area contributed by atoms with Gasteiger partial charge in [0.15, 0.2) is 5.58 Å². The van der Waals surface area contributed by atoms with Gasteiger partial charge in [0.05, 0.1) is 22.0 Å². The zero-order chi connectivity index (χ0) is 22.0. The Morgan fingerprint density at radius 2 is 1.94 bits per heavy atom. The average Bonchev–Trinajstić information content (AvgIpc) is 3.41. The zero-order valence-electron chi connectivity index (χ0n) is 17.4. The number of thioether (sulfide) groups is 1. The predicted molar refractivity (Wildman–Crippen MR) is 122 cm³/mol. The van der Waals surface area contributed by atoms with Crippen LogP contribution in [0.5, 0.6) is 0 Å². The molecule has 1 aliphatic rings. The number of carbonyl (C=O) groups excluding carboxylic acids is 1. The van der Waals surface area contributed by atoms with Crippen LogP contribution in [0.4, 0.5) is 11.4 Å². The van der Waals surface area contributed by atoms with Crippen molar-refractivity contribution in [1.29, 1.82) is 0 Å². The van der Waals surface area contributed by atoms with Crippen LogP contribution >= 0.6 is 11.8 Å². The summed E-state index contributed by atoms with van der Waals surface area (Å²) < 4.78 is 31.4. The molecule has 31 heavy (non-hydrogen) atoms. The Hall–Kier alpha value is -2.56. The van der Waals surface area contributed by atoms with Crippen molar-refractivity contribution >= 4 is 50.2 Å². The van der Waals surface area contributed by atoms with Gasteiger partial charge in [-0.25, -0.2) is 17.7 Å². The first-order valence-corrected chi connectivity index (χ1v) is 12.4. The van der Waals surface area contributed by atoms with Crippen molar-refractivity contribution in [1.82, 2.24) is 9.29 Å². The highest BCUT2D eigenvalue weighted by molar-refractivity contribution is 7.99. The quantitative estimate of drug-likeness (QED) is 0.540. The Bertz CT molecular complexity index is 1200. The summed E-state index contributed by atoms with van der Waals surface area (Å²) in [6.07, 6.45) is 2.32. The third kappa shape index (κ3) is 4.70. The molecule has 10 heteroatoms. The van der Waals surface area contributed by atoms with Gasteiger partial charge in [-0.05, 0) is 43.2 Å². The van der Waals surface area contributed by atoms with Crippen molar-refractivity contribution in [2.75, 3.05) is 43.2 Å². The van der Waals surface area contributed by atoms with E-state index in [-0.39, 0.29) is 16.6 Å². The predicted octanol–water partition coefficient (Wildman–Crippen LogP) is 3.41. The molecule has 0 unspecified atom stereocenters. The number of hydrogen-bond donors (Lipinski definition) is 1. The molecule has 164 valence electrons. The van der Waals surface area contributed by atoms with Crippen LogP contribution in [-0.2, 0) is 14.8 Å². The summed E-state index contributed by atoms with van der Waals surface area (Å²) in [5.41, 5.74) is 2.74. The standard InChI is InChI=1S/C21H24N4O4S2/c1-24(2)31(27,28)15-9-10-19-17(13-15)23-21(29-19)30-14-20(26)22-16-7-3-4-8-18(16)25-11-5-6-12-25/h3-4,7-10,13H,5-6,11-12,14H2,1-2H3,(H,22,26). The fraction of sp³-hybridized carbons (Fsp3) is 0.333. The van der Waals surface area contributed by atoms with Crippen LogP contribution in [0.15, 0.2) is 57.0 Å². The highest BCUT2D eigenvalue weighted by Crippen LogP contribution is 2.30. The first-order chi connectivity index (χ1) is 14.8. The van der Waals surface area contributed by atoms with Crippen LogP contribution in [-0.4, -0.2) is 56.6 Å². The molecule has 3 aromatic rings. The molecule has 1 fully saturated rings. The van der Waals surface area contributed by atoms with E-state index in [9.17, 15) is 13.2 Å². The van der Waals surface area contributed by atoms with E-state index in [0.29, 0.717) is 16.3 Å². The molecule has 1 amide bonds. The highest BCUT2D eigenvalue weighted by Gasteiger charge is 2.20. The van der Waals surface area contributed by atoms with Crippen molar-refractivity contribution < 1.29 is 17.6 Å². The van der Waals surface area contributed by atoms with Gasteiger partial charge in [-0.15, -0.1) is 0 Å². The SMILES string of the molecule is CN(C)S(=O)(=O)c1ccc2oc(SCC(=O)Nc3ccccc3N3CCCC3)nc2c1. The van der Waals surface area contributed by atoms with Crippen molar-refractivity contribution in [3.63, 3.8) is 0 Å². The molecule has 0 atom stereocenters. The molecule has 2 heterocycles. The number of nitrogens with zero attached hydrogens (tertiary/aromatic N) is 3. The van der Waals surface area contributed by atoms with Gasteiger partial charge in [0.1, 0.15) is 5.52 Å². The van der Waals surface area contributed by atoms with E-state index in [2.05, 4.69) is 15.2 Å². The number of benzene rings is 2. The summed E-state index contributed by atoms with van der Waals surface area (Å²) in [6, 6.07) is 12.3. The topological polar surface area (TPSA) is 95.8 Å². The molecule has 0 aliphatic carbocycles. The van der Waals surface area contributed by atoms with Gasteiger partial charge in [-0.3, -0.25) is 4.79 Å². The molecule has 0 spiro atoms. The smallest absolute Gasteiger partial charge is 0.257 e. The molecule has 1 N–H and O–H groups in total. The summed E-state index contributed by atoms with van der Waals surface area (Å²) in [5.74, 6) is -0.0286. The maximum Gasteiger partial charge on any atom is 0.257 e. The Kier molecular flexibility index (Phi) is 6.22. The molecule has 0 saturated carbocycles. The van der Waals surface area contributed by atoms with E-state index in [0.717, 1.165) is 41.6 Å². The number of aromatic nitrogens is 1. The van der Waals surface area contributed by atoms with E-state index in [4.69, 9.17) is 4.42 Å². The summed E-state index contributed by atoms with van der Waals surface area (Å²) in [6.45, 7) is 1.99. The maximum atomic E-state index is 12.5. The lowest BCUT2D eigenvalue weighted by atomic mass is 10.2. The molecule has 0 bridgehead atoms. The molecular formula is C21H24N4O4S2. The molecular weight excluding hydrogens is 436 g/mol. The number of fused-ring (bicyclic) bond motifs is 1. The minimum absolute atomic E-state index is 0.129. The minimum Gasteiger partial charge on any atom is -0.431 e. The number of sulfonamides is 1. The first-order valence-electron chi connectivity index (χ1n) is 9.94. The average molecular weight is 461 g/mol. The lowest BCUT2D eigenvalue weighted by Crippen LogP contribution is -2.22. The van der Waals surface area contributed by atoms with E-state index in [1.165, 1.54) is 38.0 Å². The summed E-state index contributed by atoms with van der Waals surface area (Å²) >= 11 is 1.17. The summed E-state index contributed by atoms with van der Waals surface area (Å²) in [5, 5.41) is 3.29. The fourth-order valence-electron chi connectivity index (χ4n) is 3.45. The molecule has 8 nitrogen and oxygen atoms in total. The van der Waals surface area contributed by atoms with Gasteiger partial charge < -0.3 is 14.6 Å².